The largest absolute Gasteiger partial charge is 0.464 e. The molecule has 2 amide bonds. The van der Waals surface area contributed by atoms with Crippen molar-refractivity contribution in [2.24, 2.45) is 5.41 Å². The first-order valence-electron chi connectivity index (χ1n) is 9.13. The van der Waals surface area contributed by atoms with E-state index in [1.54, 1.807) is 0 Å². The van der Waals surface area contributed by atoms with E-state index in [-0.39, 0.29) is 22.5 Å². The second-order valence-electron chi connectivity index (χ2n) is 7.60. The maximum absolute atomic E-state index is 12.5. The number of rotatable bonds is 7. The summed E-state index contributed by atoms with van der Waals surface area (Å²) in [5.74, 6) is 0.178. The van der Waals surface area contributed by atoms with Gasteiger partial charge in [0.05, 0.1) is 22.5 Å². The standard InChI is InChI=1S/C20H24ClN3O5/c1-5-12-9-10-15(29-12)18(20(2,3)4)23-16(25)11-22-19(26)17-13(21)7-6-8-14(17)24(27)28/h6-10,18H,5,11H2,1-4H3,(H,22,26)(H,23,25). The first-order chi connectivity index (χ1) is 13.5. The van der Waals surface area contributed by atoms with Crippen LogP contribution in [-0.4, -0.2) is 23.3 Å². The highest BCUT2D eigenvalue weighted by Gasteiger charge is 2.31. The molecule has 156 valence electrons. The Kier molecular flexibility index (Phi) is 7.02. The van der Waals surface area contributed by atoms with Gasteiger partial charge in [0, 0.05) is 12.5 Å². The molecular formula is C20H24ClN3O5. The van der Waals surface area contributed by atoms with E-state index >= 15 is 0 Å². The zero-order valence-electron chi connectivity index (χ0n) is 16.7. The minimum atomic E-state index is -0.795. The number of amides is 2. The summed E-state index contributed by atoms with van der Waals surface area (Å²) >= 11 is 5.95. The molecule has 0 radical (unpaired) electrons. The normalized spacial score (nSPS) is 12.3. The molecule has 29 heavy (non-hydrogen) atoms. The molecule has 0 aliphatic carbocycles. The monoisotopic (exact) mass is 421 g/mol. The Hall–Kier alpha value is -2.87. The Morgan fingerprint density at radius 3 is 2.48 bits per heavy atom. The fraction of sp³-hybridized carbons (Fsp3) is 0.400. The van der Waals surface area contributed by atoms with E-state index in [1.807, 2.05) is 39.8 Å². The second kappa shape index (κ2) is 9.09. The maximum Gasteiger partial charge on any atom is 0.283 e. The van der Waals surface area contributed by atoms with E-state index in [1.165, 1.54) is 18.2 Å². The zero-order chi connectivity index (χ0) is 21.8. The second-order valence-corrected chi connectivity index (χ2v) is 8.01. The molecule has 2 N–H and O–H groups in total. The molecule has 0 bridgehead atoms. The number of carbonyl (C=O) groups excluding carboxylic acids is 2. The first-order valence-corrected chi connectivity index (χ1v) is 9.51. The Morgan fingerprint density at radius 2 is 1.93 bits per heavy atom. The number of nitrogens with zero attached hydrogens (tertiary/aromatic N) is 1. The summed E-state index contributed by atoms with van der Waals surface area (Å²) in [6.45, 7) is 7.47. The molecule has 0 fully saturated rings. The lowest BCUT2D eigenvalue weighted by Gasteiger charge is -2.30. The average Bonchev–Trinajstić information content (AvgIpc) is 3.11. The molecule has 9 heteroatoms. The Bertz CT molecular complexity index is 917. The summed E-state index contributed by atoms with van der Waals surface area (Å²) in [6, 6.07) is 7.20. The third kappa shape index (κ3) is 5.57. The number of halogens is 1. The van der Waals surface area contributed by atoms with Gasteiger partial charge in [0.15, 0.2) is 0 Å². The van der Waals surface area contributed by atoms with Gasteiger partial charge in [-0.3, -0.25) is 19.7 Å². The van der Waals surface area contributed by atoms with Crippen LogP contribution in [0.4, 0.5) is 5.69 Å². The molecule has 1 atom stereocenters. The highest BCUT2D eigenvalue weighted by molar-refractivity contribution is 6.34. The zero-order valence-corrected chi connectivity index (χ0v) is 17.5. The Morgan fingerprint density at radius 1 is 1.24 bits per heavy atom. The van der Waals surface area contributed by atoms with Gasteiger partial charge in [0.2, 0.25) is 5.91 Å². The number of aryl methyl sites for hydroxylation is 1. The van der Waals surface area contributed by atoms with Crippen LogP contribution in [0.15, 0.2) is 34.7 Å². The average molecular weight is 422 g/mol. The highest BCUT2D eigenvalue weighted by atomic mass is 35.5. The number of hydrogen-bond donors (Lipinski definition) is 2. The molecule has 8 nitrogen and oxygen atoms in total. The summed E-state index contributed by atoms with van der Waals surface area (Å²) in [5.41, 5.74) is -1.05. The number of nitro groups is 1. The van der Waals surface area contributed by atoms with E-state index in [4.69, 9.17) is 16.0 Å². The van der Waals surface area contributed by atoms with Crippen molar-refractivity contribution >= 4 is 29.1 Å². The van der Waals surface area contributed by atoms with Crippen LogP contribution >= 0.6 is 11.6 Å². The topological polar surface area (TPSA) is 114 Å². The molecule has 0 saturated carbocycles. The van der Waals surface area contributed by atoms with E-state index in [0.29, 0.717) is 5.76 Å². The minimum Gasteiger partial charge on any atom is -0.464 e. The van der Waals surface area contributed by atoms with Crippen molar-refractivity contribution < 1.29 is 18.9 Å². The van der Waals surface area contributed by atoms with Crippen molar-refractivity contribution in [1.82, 2.24) is 10.6 Å². The van der Waals surface area contributed by atoms with Crippen LogP contribution in [0.3, 0.4) is 0 Å². The van der Waals surface area contributed by atoms with Crippen LogP contribution in [0.25, 0.3) is 0 Å². The third-order valence-corrected chi connectivity index (χ3v) is 4.63. The van der Waals surface area contributed by atoms with Crippen LogP contribution < -0.4 is 10.6 Å². The number of benzene rings is 1. The van der Waals surface area contributed by atoms with Crippen molar-refractivity contribution in [3.63, 3.8) is 0 Å². The number of furan rings is 1. The van der Waals surface area contributed by atoms with E-state index in [2.05, 4.69) is 10.6 Å². The van der Waals surface area contributed by atoms with Gasteiger partial charge in [-0.1, -0.05) is 45.4 Å². The van der Waals surface area contributed by atoms with Gasteiger partial charge < -0.3 is 15.1 Å². The van der Waals surface area contributed by atoms with Crippen molar-refractivity contribution in [3.8, 4) is 0 Å². The van der Waals surface area contributed by atoms with E-state index in [0.717, 1.165) is 12.2 Å². The van der Waals surface area contributed by atoms with Crippen molar-refractivity contribution in [2.75, 3.05) is 6.54 Å². The summed E-state index contributed by atoms with van der Waals surface area (Å²) in [7, 11) is 0. The van der Waals surface area contributed by atoms with Crippen LogP contribution in [0.1, 0.15) is 55.6 Å². The van der Waals surface area contributed by atoms with Crippen LogP contribution in [0.5, 0.6) is 0 Å². The lowest BCUT2D eigenvalue weighted by atomic mass is 9.85. The molecule has 1 heterocycles. The summed E-state index contributed by atoms with van der Waals surface area (Å²) in [6.07, 6.45) is 0.734. The molecule has 0 spiro atoms. The quantitative estimate of drug-likeness (QED) is 0.517. The van der Waals surface area contributed by atoms with Crippen molar-refractivity contribution in [2.45, 2.75) is 40.2 Å². The van der Waals surface area contributed by atoms with Gasteiger partial charge in [-0.2, -0.15) is 0 Å². The predicted molar refractivity (Wildman–Crippen MR) is 109 cm³/mol. The fourth-order valence-electron chi connectivity index (χ4n) is 2.80. The van der Waals surface area contributed by atoms with Crippen LogP contribution in [0, 0.1) is 15.5 Å². The Labute approximate surface area is 173 Å². The summed E-state index contributed by atoms with van der Waals surface area (Å²) in [5, 5.41) is 16.3. The van der Waals surface area contributed by atoms with Gasteiger partial charge in [-0.15, -0.1) is 0 Å². The molecule has 1 aromatic heterocycles. The van der Waals surface area contributed by atoms with Gasteiger partial charge in [-0.05, 0) is 23.6 Å². The summed E-state index contributed by atoms with van der Waals surface area (Å²) in [4.78, 5) is 35.3. The predicted octanol–water partition coefficient (Wildman–Crippen LogP) is 4.04. The van der Waals surface area contributed by atoms with Gasteiger partial charge in [-0.25, -0.2) is 0 Å². The number of nitrogens with one attached hydrogen (secondary N) is 2. The maximum atomic E-state index is 12.5. The first kappa shape index (κ1) is 22.4. The Balaban J connectivity index is 2.10. The van der Waals surface area contributed by atoms with Gasteiger partial charge >= 0.3 is 0 Å². The van der Waals surface area contributed by atoms with Gasteiger partial charge in [0.25, 0.3) is 11.6 Å². The smallest absolute Gasteiger partial charge is 0.283 e. The number of carbonyl (C=O) groups is 2. The lowest BCUT2D eigenvalue weighted by molar-refractivity contribution is -0.385. The van der Waals surface area contributed by atoms with E-state index < -0.39 is 28.5 Å². The molecular weight excluding hydrogens is 398 g/mol. The highest BCUT2D eigenvalue weighted by Crippen LogP contribution is 2.33. The molecule has 2 aromatic rings. The molecule has 1 unspecified atom stereocenters. The minimum absolute atomic E-state index is 0.0626. The molecule has 2 rings (SSSR count). The third-order valence-electron chi connectivity index (χ3n) is 4.31. The lowest BCUT2D eigenvalue weighted by Crippen LogP contribution is -2.42. The number of hydrogen-bond acceptors (Lipinski definition) is 5. The van der Waals surface area contributed by atoms with E-state index in [9.17, 15) is 19.7 Å². The summed E-state index contributed by atoms with van der Waals surface area (Å²) < 4.78 is 5.78. The molecule has 0 saturated heterocycles. The van der Waals surface area contributed by atoms with Crippen molar-refractivity contribution in [3.05, 3.63) is 62.6 Å². The van der Waals surface area contributed by atoms with Crippen LogP contribution in [-0.2, 0) is 11.2 Å². The van der Waals surface area contributed by atoms with Crippen LogP contribution in [0.2, 0.25) is 5.02 Å². The van der Waals surface area contributed by atoms with Crippen molar-refractivity contribution in [1.29, 1.82) is 0 Å². The SMILES string of the molecule is CCc1ccc(C(NC(=O)CNC(=O)c2c(Cl)cccc2[N+](=O)[O-])C(C)(C)C)o1. The number of nitro benzene ring substituents is 1. The molecule has 0 aliphatic rings. The van der Waals surface area contributed by atoms with Gasteiger partial charge in [0.1, 0.15) is 17.1 Å². The molecule has 1 aromatic carbocycles. The fourth-order valence-corrected chi connectivity index (χ4v) is 3.06. The molecule has 0 aliphatic heterocycles.